The van der Waals surface area contributed by atoms with Crippen LogP contribution in [0.15, 0.2) is 48.5 Å². The first kappa shape index (κ1) is 18.4. The lowest BCUT2D eigenvalue weighted by atomic mass is 10.1. The second-order valence-electron chi connectivity index (χ2n) is 5.20. The Kier molecular flexibility index (Phi) is 6.08. The van der Waals surface area contributed by atoms with E-state index in [1.165, 1.54) is 12.1 Å². The van der Waals surface area contributed by atoms with Crippen molar-refractivity contribution in [3.63, 3.8) is 0 Å². The number of nitrogens with zero attached hydrogens (tertiary/aromatic N) is 1. The maximum absolute atomic E-state index is 12.0. The molecule has 0 fully saturated rings. The number of ether oxygens (including phenoxy) is 1. The van der Waals surface area contributed by atoms with Gasteiger partial charge in [-0.1, -0.05) is 41.9 Å². The number of nitro benzene ring substituents is 1. The highest BCUT2D eigenvalue weighted by Gasteiger charge is 2.18. The third-order valence-corrected chi connectivity index (χ3v) is 3.72. The zero-order chi connectivity index (χ0) is 18.4. The largest absolute Gasteiger partial charge is 0.452 e. The quantitative estimate of drug-likeness (QED) is 0.483. The van der Waals surface area contributed by atoms with Gasteiger partial charge in [0.05, 0.1) is 21.6 Å². The van der Waals surface area contributed by atoms with E-state index in [-0.39, 0.29) is 22.3 Å². The molecule has 2 aromatic rings. The molecule has 0 aliphatic heterocycles. The molecule has 1 N–H and O–H groups in total. The van der Waals surface area contributed by atoms with E-state index >= 15 is 0 Å². The number of hydrogen-bond acceptors (Lipinski definition) is 5. The number of carbonyl (C=O) groups excluding carboxylic acids is 2. The first-order valence-corrected chi connectivity index (χ1v) is 7.71. The molecule has 1 amide bonds. The Balaban J connectivity index is 1.94. The Labute approximate surface area is 148 Å². The molecule has 7 nitrogen and oxygen atoms in total. The minimum Gasteiger partial charge on any atom is -0.452 e. The maximum Gasteiger partial charge on any atom is 0.340 e. The number of nitro groups is 1. The number of rotatable bonds is 6. The molecule has 0 heterocycles. The standard InChI is InChI=1S/C17H15ClN2O5/c1-11(12-5-3-2-4-6-12)19-16(21)10-25-17(22)14-9-13(20(23)24)7-8-15(14)18/h2-9,11H,10H2,1H3,(H,19,21)/t11-/m1/s1. The van der Waals surface area contributed by atoms with E-state index in [1.54, 1.807) is 6.92 Å². The smallest absolute Gasteiger partial charge is 0.340 e. The average molecular weight is 363 g/mol. The van der Waals surface area contributed by atoms with Crippen LogP contribution in [0.5, 0.6) is 0 Å². The van der Waals surface area contributed by atoms with Crippen LogP contribution in [0.25, 0.3) is 0 Å². The fraction of sp³-hybridized carbons (Fsp3) is 0.176. The van der Waals surface area contributed by atoms with Gasteiger partial charge in [0, 0.05) is 12.1 Å². The first-order chi connectivity index (χ1) is 11.9. The molecule has 0 saturated carbocycles. The minimum atomic E-state index is -0.906. The molecule has 0 aromatic heterocycles. The summed E-state index contributed by atoms with van der Waals surface area (Å²) in [5.74, 6) is -1.40. The van der Waals surface area contributed by atoms with E-state index in [4.69, 9.17) is 16.3 Å². The lowest BCUT2D eigenvalue weighted by molar-refractivity contribution is -0.384. The third-order valence-electron chi connectivity index (χ3n) is 3.39. The number of benzene rings is 2. The van der Waals surface area contributed by atoms with Crippen LogP contribution in [0.1, 0.15) is 28.9 Å². The van der Waals surface area contributed by atoms with Crippen LogP contribution < -0.4 is 5.32 Å². The predicted molar refractivity (Wildman–Crippen MR) is 91.4 cm³/mol. The topological polar surface area (TPSA) is 98.5 Å². The van der Waals surface area contributed by atoms with Crippen LogP contribution in [0.2, 0.25) is 5.02 Å². The molecule has 2 rings (SSSR count). The van der Waals surface area contributed by atoms with Gasteiger partial charge < -0.3 is 10.1 Å². The summed E-state index contributed by atoms with van der Waals surface area (Å²) in [6.45, 7) is 1.28. The fourth-order valence-corrected chi connectivity index (χ4v) is 2.29. The first-order valence-electron chi connectivity index (χ1n) is 7.34. The molecule has 0 radical (unpaired) electrons. The number of esters is 1. The van der Waals surface area contributed by atoms with Crippen molar-refractivity contribution in [2.24, 2.45) is 0 Å². The third kappa shape index (κ3) is 5.02. The van der Waals surface area contributed by atoms with Gasteiger partial charge in [0.1, 0.15) is 0 Å². The molecule has 0 spiro atoms. The van der Waals surface area contributed by atoms with E-state index in [1.807, 2.05) is 30.3 Å². The second-order valence-corrected chi connectivity index (χ2v) is 5.60. The second kappa shape index (κ2) is 8.25. The van der Waals surface area contributed by atoms with Crippen LogP contribution in [0, 0.1) is 10.1 Å². The van der Waals surface area contributed by atoms with Gasteiger partial charge in [-0.15, -0.1) is 0 Å². The minimum absolute atomic E-state index is 0.00802. The Morgan fingerprint density at radius 3 is 2.56 bits per heavy atom. The molecule has 0 aliphatic carbocycles. The summed E-state index contributed by atoms with van der Waals surface area (Å²) in [6, 6.07) is 12.4. The summed E-state index contributed by atoms with van der Waals surface area (Å²) in [5.41, 5.74) is 0.446. The summed E-state index contributed by atoms with van der Waals surface area (Å²) in [6.07, 6.45) is 0. The number of nitrogens with one attached hydrogen (secondary N) is 1. The number of carbonyl (C=O) groups is 2. The molecule has 2 aromatic carbocycles. The highest BCUT2D eigenvalue weighted by atomic mass is 35.5. The lowest BCUT2D eigenvalue weighted by Crippen LogP contribution is -2.31. The average Bonchev–Trinajstić information content (AvgIpc) is 2.60. The van der Waals surface area contributed by atoms with Crippen LogP contribution >= 0.6 is 11.6 Å². The van der Waals surface area contributed by atoms with E-state index in [0.717, 1.165) is 11.6 Å². The molecule has 130 valence electrons. The van der Waals surface area contributed by atoms with Crippen molar-refractivity contribution in [3.8, 4) is 0 Å². The zero-order valence-electron chi connectivity index (χ0n) is 13.3. The fourth-order valence-electron chi connectivity index (χ4n) is 2.10. The van der Waals surface area contributed by atoms with Gasteiger partial charge in [0.25, 0.3) is 11.6 Å². The van der Waals surface area contributed by atoms with E-state index in [9.17, 15) is 19.7 Å². The van der Waals surface area contributed by atoms with Crippen molar-refractivity contribution in [1.82, 2.24) is 5.32 Å². The normalized spacial score (nSPS) is 11.4. The molecular formula is C17H15ClN2O5. The number of amides is 1. The maximum atomic E-state index is 12.0. The SMILES string of the molecule is C[C@@H](NC(=O)COC(=O)c1cc([N+](=O)[O-])ccc1Cl)c1ccccc1. The number of halogens is 1. The Hall–Kier alpha value is -2.93. The van der Waals surface area contributed by atoms with Crippen molar-refractivity contribution >= 4 is 29.2 Å². The summed E-state index contributed by atoms with van der Waals surface area (Å²) in [5, 5.41) is 13.5. The van der Waals surface area contributed by atoms with Crippen LogP contribution in [0.4, 0.5) is 5.69 Å². The van der Waals surface area contributed by atoms with Crippen LogP contribution in [-0.2, 0) is 9.53 Å². The van der Waals surface area contributed by atoms with Gasteiger partial charge in [-0.2, -0.15) is 0 Å². The van der Waals surface area contributed by atoms with Crippen molar-refractivity contribution in [2.75, 3.05) is 6.61 Å². The molecule has 25 heavy (non-hydrogen) atoms. The van der Waals surface area contributed by atoms with Crippen molar-refractivity contribution in [3.05, 3.63) is 74.8 Å². The Morgan fingerprint density at radius 2 is 1.92 bits per heavy atom. The number of hydrogen-bond donors (Lipinski definition) is 1. The predicted octanol–water partition coefficient (Wildman–Crippen LogP) is 3.28. The molecule has 0 saturated heterocycles. The highest BCUT2D eigenvalue weighted by Crippen LogP contribution is 2.22. The van der Waals surface area contributed by atoms with Crippen molar-refractivity contribution in [2.45, 2.75) is 13.0 Å². The van der Waals surface area contributed by atoms with Gasteiger partial charge in [-0.05, 0) is 18.6 Å². The monoisotopic (exact) mass is 362 g/mol. The number of non-ortho nitro benzene ring substituents is 1. The molecule has 8 heteroatoms. The Bertz CT molecular complexity index is 795. The lowest BCUT2D eigenvalue weighted by Gasteiger charge is -2.14. The van der Waals surface area contributed by atoms with Gasteiger partial charge in [0.15, 0.2) is 6.61 Å². The van der Waals surface area contributed by atoms with Gasteiger partial charge in [-0.25, -0.2) is 4.79 Å². The van der Waals surface area contributed by atoms with E-state index < -0.39 is 23.4 Å². The summed E-state index contributed by atoms with van der Waals surface area (Å²) < 4.78 is 4.88. The van der Waals surface area contributed by atoms with Crippen LogP contribution in [-0.4, -0.2) is 23.4 Å². The highest BCUT2D eigenvalue weighted by molar-refractivity contribution is 6.33. The van der Waals surface area contributed by atoms with E-state index in [2.05, 4.69) is 5.32 Å². The molecular weight excluding hydrogens is 348 g/mol. The van der Waals surface area contributed by atoms with Gasteiger partial charge in [-0.3, -0.25) is 14.9 Å². The zero-order valence-corrected chi connectivity index (χ0v) is 14.0. The Morgan fingerprint density at radius 1 is 1.24 bits per heavy atom. The molecule has 1 atom stereocenters. The summed E-state index contributed by atoms with van der Waals surface area (Å²) in [7, 11) is 0. The molecule has 0 aliphatic rings. The van der Waals surface area contributed by atoms with Crippen LogP contribution in [0.3, 0.4) is 0 Å². The van der Waals surface area contributed by atoms with Crippen molar-refractivity contribution < 1.29 is 19.2 Å². The molecule has 0 bridgehead atoms. The molecule has 0 unspecified atom stereocenters. The van der Waals surface area contributed by atoms with E-state index in [0.29, 0.717) is 0 Å². The van der Waals surface area contributed by atoms with Crippen molar-refractivity contribution in [1.29, 1.82) is 0 Å². The summed E-state index contributed by atoms with van der Waals surface area (Å²) >= 11 is 5.85. The van der Waals surface area contributed by atoms with Gasteiger partial charge >= 0.3 is 5.97 Å². The van der Waals surface area contributed by atoms with Gasteiger partial charge in [0.2, 0.25) is 0 Å². The summed E-state index contributed by atoms with van der Waals surface area (Å²) in [4.78, 5) is 34.0.